The molecule has 184 valence electrons. The molecule has 7 heteroatoms. The summed E-state index contributed by atoms with van der Waals surface area (Å²) in [5, 5.41) is 1.46. The predicted octanol–water partition coefficient (Wildman–Crippen LogP) is 7.94. The van der Waals surface area contributed by atoms with Crippen LogP contribution in [-0.2, 0) is 30.5 Å². The Morgan fingerprint density at radius 3 is 1.47 bits per heavy atom. The summed E-state index contributed by atoms with van der Waals surface area (Å²) in [4.78, 5) is 0. The van der Waals surface area contributed by atoms with E-state index in [-0.39, 0.29) is 20.4 Å². The Bertz CT molecular complexity index is 856. The van der Waals surface area contributed by atoms with E-state index in [1.807, 2.05) is 42.5 Å². The molecular formula is C25H41NO3PPdS+. The summed E-state index contributed by atoms with van der Waals surface area (Å²) >= 11 is 0. The number of rotatable bonds is 1. The van der Waals surface area contributed by atoms with Crippen molar-refractivity contribution in [2.75, 3.05) is 6.26 Å². The standard InChI is InChI=1S/C12H9N.C12H27P.CH4O3S.Pd/c13-12-9-5-4-8-11(12)10-6-2-1-3-7-10;1-10(2,3)13(11(4,5)6)12(7,8)9;1-5(2,3)4;/h1-6,8-9,13H;1-9H3;1H3,(H,2,3,4);/q-2;;;+2/p+1. The first kappa shape index (κ1) is 33.4. The first-order valence-corrected chi connectivity index (χ1v) is 13.7. The molecule has 0 aliphatic rings. The average Bonchev–Trinajstić information content (AvgIpc) is 2.50. The van der Waals surface area contributed by atoms with Crippen LogP contribution in [0.2, 0.25) is 0 Å². The molecule has 0 saturated heterocycles. The maximum Gasteiger partial charge on any atom is 2.00 e. The van der Waals surface area contributed by atoms with Gasteiger partial charge in [0.15, 0.2) is 0 Å². The Morgan fingerprint density at radius 2 is 1.19 bits per heavy atom. The van der Waals surface area contributed by atoms with E-state index in [9.17, 15) is 8.42 Å². The third kappa shape index (κ3) is 14.4. The first-order valence-electron chi connectivity index (χ1n) is 10.3. The number of hydrogen-bond donors (Lipinski definition) is 1. The van der Waals surface area contributed by atoms with Crippen molar-refractivity contribution in [3.63, 3.8) is 0 Å². The second kappa shape index (κ2) is 13.2. The molecule has 0 heterocycles. The van der Waals surface area contributed by atoms with Crippen molar-refractivity contribution in [3.8, 4) is 11.1 Å². The molecule has 0 unspecified atom stereocenters. The van der Waals surface area contributed by atoms with Gasteiger partial charge in [-0.05, 0) is 62.3 Å². The van der Waals surface area contributed by atoms with Crippen molar-refractivity contribution in [3.05, 3.63) is 60.3 Å². The van der Waals surface area contributed by atoms with E-state index in [1.54, 1.807) is 6.07 Å². The summed E-state index contributed by atoms with van der Waals surface area (Å²) in [5.74, 6) is 0. The molecular weight excluding hydrogens is 532 g/mol. The fraction of sp³-hybridized carbons (Fsp3) is 0.520. The molecule has 0 amide bonds. The van der Waals surface area contributed by atoms with E-state index in [2.05, 4.69) is 68.4 Å². The predicted molar refractivity (Wildman–Crippen MR) is 140 cm³/mol. The van der Waals surface area contributed by atoms with Crippen LogP contribution in [0.3, 0.4) is 0 Å². The van der Waals surface area contributed by atoms with Gasteiger partial charge in [-0.2, -0.15) is 14.1 Å². The summed E-state index contributed by atoms with van der Waals surface area (Å²) in [6.45, 7) is 21.6. The maximum atomic E-state index is 9.19. The van der Waals surface area contributed by atoms with Crippen molar-refractivity contribution in [1.82, 2.24) is 0 Å². The quantitative estimate of drug-likeness (QED) is 0.163. The third-order valence-electron chi connectivity index (χ3n) is 4.18. The fourth-order valence-electron chi connectivity index (χ4n) is 4.65. The number of nitrogens with one attached hydrogen (secondary N) is 1. The minimum atomic E-state index is -3.67. The van der Waals surface area contributed by atoms with Gasteiger partial charge in [0.25, 0.3) is 10.1 Å². The van der Waals surface area contributed by atoms with Gasteiger partial charge < -0.3 is 5.73 Å². The van der Waals surface area contributed by atoms with E-state index in [1.165, 1.54) is 0 Å². The van der Waals surface area contributed by atoms with Crippen molar-refractivity contribution in [1.29, 1.82) is 0 Å². The average molecular weight is 573 g/mol. The summed E-state index contributed by atoms with van der Waals surface area (Å²) in [6, 6.07) is 18.4. The monoisotopic (exact) mass is 572 g/mol. The molecule has 0 aromatic heterocycles. The van der Waals surface area contributed by atoms with Gasteiger partial charge in [0.2, 0.25) is 0 Å². The zero-order chi connectivity index (χ0) is 24.7. The summed E-state index contributed by atoms with van der Waals surface area (Å²) < 4.78 is 25.9. The Hall–Kier alpha value is -0.758. The van der Waals surface area contributed by atoms with Crippen molar-refractivity contribution < 1.29 is 33.4 Å². The Labute approximate surface area is 211 Å². The van der Waals surface area contributed by atoms with Crippen LogP contribution in [0.1, 0.15) is 62.3 Å². The molecule has 0 aliphatic heterocycles. The second-order valence-corrected chi connectivity index (χ2v) is 17.4. The molecule has 0 spiro atoms. The molecule has 0 radical (unpaired) electrons. The van der Waals surface area contributed by atoms with Gasteiger partial charge >= 0.3 is 20.4 Å². The van der Waals surface area contributed by atoms with E-state index in [0.29, 0.717) is 27.4 Å². The maximum absolute atomic E-state index is 9.19. The minimum absolute atomic E-state index is 0. The second-order valence-electron chi connectivity index (χ2n) is 10.7. The zero-order valence-electron chi connectivity index (χ0n) is 21.1. The molecule has 32 heavy (non-hydrogen) atoms. The van der Waals surface area contributed by atoms with Crippen LogP contribution in [-0.4, -0.2) is 34.7 Å². The number of hydrogen-bond acceptors (Lipinski definition) is 2. The molecule has 0 aliphatic carbocycles. The van der Waals surface area contributed by atoms with Gasteiger partial charge in [0, 0.05) is 7.92 Å². The molecule has 0 fully saturated rings. The van der Waals surface area contributed by atoms with Crippen molar-refractivity contribution in [2.45, 2.75) is 77.8 Å². The Kier molecular flexibility index (Phi) is 13.8. The molecule has 2 aromatic rings. The van der Waals surface area contributed by atoms with Gasteiger partial charge in [-0.1, -0.05) is 24.3 Å². The SMILES string of the molecule is CC(C)(C)[PH+](C(C)(C)C)C(C)(C)C.CS(=O)(=O)O.[NH-]c1ccccc1-c1[c-]cccc1.[Pd+2]. The van der Waals surface area contributed by atoms with Crippen LogP contribution in [0, 0.1) is 6.07 Å². The minimum Gasteiger partial charge on any atom is -0.706 e. The molecule has 0 bridgehead atoms. The zero-order valence-corrected chi connectivity index (χ0v) is 24.5. The molecule has 4 nitrogen and oxygen atoms in total. The van der Waals surface area contributed by atoms with Crippen LogP contribution in [0.25, 0.3) is 16.9 Å². The molecule has 2 rings (SSSR count). The first-order chi connectivity index (χ1) is 13.7. The van der Waals surface area contributed by atoms with Crippen LogP contribution in [0.5, 0.6) is 0 Å². The van der Waals surface area contributed by atoms with Gasteiger partial charge in [-0.3, -0.25) is 4.55 Å². The normalized spacial score (nSPS) is 12.0. The molecule has 2 aromatic carbocycles. The van der Waals surface area contributed by atoms with Gasteiger partial charge in [-0.15, -0.1) is 41.5 Å². The van der Waals surface area contributed by atoms with E-state index in [4.69, 9.17) is 10.3 Å². The Morgan fingerprint density at radius 1 is 0.812 bits per heavy atom. The third-order valence-corrected chi connectivity index (χ3v) is 8.68. The van der Waals surface area contributed by atoms with Crippen LogP contribution < -0.4 is 0 Å². The molecule has 0 saturated carbocycles. The van der Waals surface area contributed by atoms with Gasteiger partial charge in [0.1, 0.15) is 0 Å². The summed E-state index contributed by atoms with van der Waals surface area (Å²) in [5.41, 5.74) is 10.1. The smallest absolute Gasteiger partial charge is 0.706 e. The van der Waals surface area contributed by atoms with Crippen LogP contribution >= 0.6 is 7.92 Å². The number of benzene rings is 2. The molecule has 2 N–H and O–H groups in total. The van der Waals surface area contributed by atoms with Gasteiger partial charge in [-0.25, -0.2) is 0 Å². The van der Waals surface area contributed by atoms with E-state index in [0.717, 1.165) is 11.1 Å². The van der Waals surface area contributed by atoms with Gasteiger partial charge in [0.05, 0.1) is 21.7 Å². The summed E-state index contributed by atoms with van der Waals surface area (Å²) in [6.07, 6.45) is 0.715. The topological polar surface area (TPSA) is 78.2 Å². The van der Waals surface area contributed by atoms with Crippen LogP contribution in [0.4, 0.5) is 5.69 Å². The Balaban J connectivity index is 0. The summed E-state index contributed by atoms with van der Waals surface area (Å²) in [7, 11) is -4.06. The molecule has 0 atom stereocenters. The van der Waals surface area contributed by atoms with E-state index < -0.39 is 18.0 Å². The fourth-order valence-corrected chi connectivity index (χ4v) is 11.4. The van der Waals surface area contributed by atoms with Crippen LogP contribution in [0.15, 0.2) is 48.5 Å². The van der Waals surface area contributed by atoms with E-state index >= 15 is 0 Å². The van der Waals surface area contributed by atoms with Crippen molar-refractivity contribution in [2.24, 2.45) is 0 Å². The van der Waals surface area contributed by atoms with Crippen molar-refractivity contribution >= 4 is 23.7 Å². The largest absolute Gasteiger partial charge is 2.00 e.